The molecule has 0 saturated carbocycles. The summed E-state index contributed by atoms with van der Waals surface area (Å²) in [6, 6.07) is 30.6. The second-order valence-electron chi connectivity index (χ2n) is 9.85. The van der Waals surface area contributed by atoms with E-state index < -0.39 is 11.7 Å². The molecule has 5 aromatic rings. The van der Waals surface area contributed by atoms with Crippen LogP contribution in [0, 0.1) is 0 Å². The Hall–Kier alpha value is -4.12. The fourth-order valence-electron chi connectivity index (χ4n) is 4.79. The third-order valence-corrected chi connectivity index (χ3v) is 6.81. The summed E-state index contributed by atoms with van der Waals surface area (Å²) in [7, 11) is 0. The Kier molecular flexibility index (Phi) is 7.19. The number of fused-ring (bicyclic) bond motifs is 1. The van der Waals surface area contributed by atoms with Crippen molar-refractivity contribution in [3.8, 4) is 11.1 Å². The van der Waals surface area contributed by atoms with Crippen LogP contribution >= 0.6 is 0 Å². The molecule has 1 heterocycles. The number of para-hydroxylation sites is 1. The molecule has 0 saturated heterocycles. The lowest BCUT2D eigenvalue weighted by molar-refractivity contribution is -0.136. The highest BCUT2D eigenvalue weighted by Crippen LogP contribution is 2.39. The molecule has 0 spiro atoms. The van der Waals surface area contributed by atoms with Crippen molar-refractivity contribution < 1.29 is 13.2 Å². The van der Waals surface area contributed by atoms with E-state index in [1.54, 1.807) is 12.3 Å². The van der Waals surface area contributed by atoms with Crippen molar-refractivity contribution in [3.05, 3.63) is 131 Å². The molecule has 38 heavy (non-hydrogen) atoms. The Morgan fingerprint density at radius 2 is 1.53 bits per heavy atom. The second-order valence-corrected chi connectivity index (χ2v) is 9.85. The Labute approximate surface area is 221 Å². The molecule has 0 radical (unpaired) electrons. The van der Waals surface area contributed by atoms with Crippen LogP contribution in [-0.4, -0.2) is 4.98 Å². The zero-order valence-corrected chi connectivity index (χ0v) is 21.4. The summed E-state index contributed by atoms with van der Waals surface area (Å²) in [5, 5.41) is 3.97. The summed E-state index contributed by atoms with van der Waals surface area (Å²) < 4.78 is 41.5. The normalized spacial score (nSPS) is 11.7. The van der Waals surface area contributed by atoms with Gasteiger partial charge in [0.05, 0.1) is 11.1 Å². The third kappa shape index (κ3) is 5.57. The lowest BCUT2D eigenvalue weighted by Gasteiger charge is -2.17. The minimum Gasteiger partial charge on any atom is -0.381 e. The largest absolute Gasteiger partial charge is 0.418 e. The highest BCUT2D eigenvalue weighted by molar-refractivity contribution is 5.98. The van der Waals surface area contributed by atoms with Crippen molar-refractivity contribution >= 4 is 16.6 Å². The van der Waals surface area contributed by atoms with E-state index in [0.29, 0.717) is 24.3 Å². The van der Waals surface area contributed by atoms with E-state index in [9.17, 15) is 13.2 Å². The molecule has 1 N–H and O–H groups in total. The molecule has 0 unspecified atom stereocenters. The van der Waals surface area contributed by atoms with Crippen LogP contribution in [0.4, 0.5) is 18.9 Å². The first-order valence-corrected chi connectivity index (χ1v) is 12.7. The van der Waals surface area contributed by atoms with Gasteiger partial charge in [-0.05, 0) is 63.9 Å². The zero-order chi connectivity index (χ0) is 26.7. The SMILES string of the molecule is CC(C)c1ccc(CNc2cccc(-c3c(Cc4ccccc4)cnc4c(C(F)(F)F)cccc34)c2)cc1. The number of hydrogen-bond acceptors (Lipinski definition) is 2. The van der Waals surface area contributed by atoms with Gasteiger partial charge in [0.15, 0.2) is 0 Å². The number of nitrogens with zero attached hydrogens (tertiary/aromatic N) is 1. The van der Waals surface area contributed by atoms with Gasteiger partial charge in [-0.1, -0.05) is 92.7 Å². The van der Waals surface area contributed by atoms with E-state index in [2.05, 4.69) is 48.4 Å². The van der Waals surface area contributed by atoms with Gasteiger partial charge in [0, 0.05) is 23.8 Å². The van der Waals surface area contributed by atoms with Crippen LogP contribution in [0.25, 0.3) is 22.0 Å². The second kappa shape index (κ2) is 10.7. The summed E-state index contributed by atoms with van der Waals surface area (Å²) in [6.07, 6.45) is -2.33. The highest BCUT2D eigenvalue weighted by Gasteiger charge is 2.33. The molecule has 0 amide bonds. The number of aromatic nitrogens is 1. The van der Waals surface area contributed by atoms with Crippen LogP contribution in [0.5, 0.6) is 0 Å². The maximum absolute atomic E-state index is 13.8. The van der Waals surface area contributed by atoms with Crippen LogP contribution in [0.3, 0.4) is 0 Å². The molecule has 1 aromatic heterocycles. The fraction of sp³-hybridized carbons (Fsp3) is 0.182. The van der Waals surface area contributed by atoms with E-state index in [1.165, 1.54) is 11.6 Å². The first-order valence-electron chi connectivity index (χ1n) is 12.7. The number of halogens is 3. The van der Waals surface area contributed by atoms with Crippen molar-refractivity contribution in [2.45, 2.75) is 38.9 Å². The van der Waals surface area contributed by atoms with Gasteiger partial charge in [0.2, 0.25) is 0 Å². The maximum Gasteiger partial charge on any atom is 0.418 e. The summed E-state index contributed by atoms with van der Waals surface area (Å²) in [5.74, 6) is 0.479. The standard InChI is InChI=1S/C33H29F3N2/c1-22(2)25-16-14-24(15-17-25)20-37-28-11-6-10-26(19-28)31-27(18-23-8-4-3-5-9-23)21-38-32-29(31)12-7-13-30(32)33(34,35)36/h3-17,19,21-22,37H,18,20H2,1-2H3. The predicted octanol–water partition coefficient (Wildman–Crippen LogP) is 9.25. The quantitative estimate of drug-likeness (QED) is 0.236. The fourth-order valence-corrected chi connectivity index (χ4v) is 4.79. The van der Waals surface area contributed by atoms with E-state index in [1.807, 2.05) is 54.6 Å². The molecule has 0 aliphatic rings. The number of hydrogen-bond donors (Lipinski definition) is 1. The molecule has 4 aromatic carbocycles. The third-order valence-electron chi connectivity index (χ3n) is 6.81. The maximum atomic E-state index is 13.8. The van der Waals surface area contributed by atoms with E-state index in [-0.39, 0.29) is 5.52 Å². The van der Waals surface area contributed by atoms with Crippen LogP contribution in [-0.2, 0) is 19.1 Å². The number of anilines is 1. The summed E-state index contributed by atoms with van der Waals surface area (Å²) >= 11 is 0. The lowest BCUT2D eigenvalue weighted by atomic mass is 9.91. The van der Waals surface area contributed by atoms with Gasteiger partial charge in [-0.15, -0.1) is 0 Å². The van der Waals surface area contributed by atoms with Crippen LogP contribution < -0.4 is 5.32 Å². The van der Waals surface area contributed by atoms with Crippen molar-refractivity contribution in [2.75, 3.05) is 5.32 Å². The van der Waals surface area contributed by atoms with Gasteiger partial charge in [-0.3, -0.25) is 4.98 Å². The molecular weight excluding hydrogens is 481 g/mol. The van der Waals surface area contributed by atoms with Crippen LogP contribution in [0.15, 0.2) is 103 Å². The van der Waals surface area contributed by atoms with Gasteiger partial charge in [-0.2, -0.15) is 13.2 Å². The summed E-state index contributed by atoms with van der Waals surface area (Å²) in [6.45, 7) is 4.99. The van der Waals surface area contributed by atoms with Gasteiger partial charge >= 0.3 is 6.18 Å². The molecule has 5 rings (SSSR count). The van der Waals surface area contributed by atoms with E-state index in [0.717, 1.165) is 39.6 Å². The zero-order valence-electron chi connectivity index (χ0n) is 21.4. The van der Waals surface area contributed by atoms with E-state index >= 15 is 0 Å². The molecule has 0 fully saturated rings. The van der Waals surface area contributed by atoms with Gasteiger partial charge in [-0.25, -0.2) is 0 Å². The minimum atomic E-state index is -4.49. The molecular formula is C33H29F3N2. The van der Waals surface area contributed by atoms with Crippen molar-refractivity contribution in [1.29, 1.82) is 0 Å². The Morgan fingerprint density at radius 3 is 2.24 bits per heavy atom. The molecule has 192 valence electrons. The van der Waals surface area contributed by atoms with Crippen LogP contribution in [0.1, 0.15) is 47.6 Å². The van der Waals surface area contributed by atoms with Crippen molar-refractivity contribution in [3.63, 3.8) is 0 Å². The van der Waals surface area contributed by atoms with Gasteiger partial charge < -0.3 is 5.32 Å². The van der Waals surface area contributed by atoms with Crippen LogP contribution in [0.2, 0.25) is 0 Å². The number of nitrogens with one attached hydrogen (secondary N) is 1. The minimum absolute atomic E-state index is 0.0320. The van der Waals surface area contributed by atoms with Crippen molar-refractivity contribution in [2.24, 2.45) is 0 Å². The molecule has 2 nitrogen and oxygen atoms in total. The number of alkyl halides is 3. The highest BCUT2D eigenvalue weighted by atomic mass is 19.4. The van der Waals surface area contributed by atoms with Gasteiger partial charge in [0.1, 0.15) is 0 Å². The number of benzene rings is 4. The first kappa shape index (κ1) is 25.5. The smallest absolute Gasteiger partial charge is 0.381 e. The Balaban J connectivity index is 1.55. The Morgan fingerprint density at radius 1 is 0.789 bits per heavy atom. The lowest BCUT2D eigenvalue weighted by Crippen LogP contribution is -2.07. The van der Waals surface area contributed by atoms with Crippen molar-refractivity contribution in [1.82, 2.24) is 4.98 Å². The summed E-state index contributed by atoms with van der Waals surface area (Å²) in [4.78, 5) is 4.31. The monoisotopic (exact) mass is 510 g/mol. The molecule has 0 bridgehead atoms. The number of pyridine rings is 1. The molecule has 0 aliphatic heterocycles. The molecule has 0 aliphatic carbocycles. The number of rotatable bonds is 7. The average Bonchev–Trinajstić information content (AvgIpc) is 2.92. The van der Waals surface area contributed by atoms with Gasteiger partial charge in [0.25, 0.3) is 0 Å². The first-order chi connectivity index (χ1) is 18.3. The molecule has 5 heteroatoms. The topological polar surface area (TPSA) is 24.9 Å². The molecule has 0 atom stereocenters. The average molecular weight is 511 g/mol. The van der Waals surface area contributed by atoms with E-state index in [4.69, 9.17) is 0 Å². The Bertz CT molecular complexity index is 1540. The predicted molar refractivity (Wildman–Crippen MR) is 149 cm³/mol. The summed E-state index contributed by atoms with van der Waals surface area (Å²) in [5.41, 5.74) is 6.18.